The van der Waals surface area contributed by atoms with Gasteiger partial charge in [0.2, 0.25) is 5.91 Å². The van der Waals surface area contributed by atoms with Gasteiger partial charge in [-0.3, -0.25) is 9.69 Å². The van der Waals surface area contributed by atoms with E-state index in [4.69, 9.17) is 4.74 Å². The molecule has 0 bridgehead atoms. The molecule has 2 saturated heterocycles. The molecule has 2 atom stereocenters. The van der Waals surface area contributed by atoms with Crippen molar-refractivity contribution in [2.75, 3.05) is 32.8 Å². The second-order valence-electron chi connectivity index (χ2n) is 7.19. The van der Waals surface area contributed by atoms with Crippen LogP contribution in [0.1, 0.15) is 32.3 Å². The second kappa shape index (κ2) is 7.02. The summed E-state index contributed by atoms with van der Waals surface area (Å²) >= 11 is 0. The molecule has 0 saturated carbocycles. The van der Waals surface area contributed by atoms with Gasteiger partial charge in [0, 0.05) is 44.1 Å². The van der Waals surface area contributed by atoms with Gasteiger partial charge in [0.05, 0.1) is 13.2 Å². The Kier molecular flexibility index (Phi) is 5.02. The first-order valence-electron chi connectivity index (χ1n) is 8.75. The van der Waals surface area contributed by atoms with Crippen LogP contribution in [-0.4, -0.2) is 54.6 Å². The zero-order chi connectivity index (χ0) is 16.3. The number of carbonyl (C=O) groups is 1. The van der Waals surface area contributed by atoms with E-state index in [0.29, 0.717) is 25.6 Å². The monoisotopic (exact) mass is 316 g/mol. The molecule has 1 aromatic rings. The van der Waals surface area contributed by atoms with Crippen molar-refractivity contribution in [3.05, 3.63) is 35.9 Å². The van der Waals surface area contributed by atoms with Gasteiger partial charge in [0.25, 0.3) is 0 Å². The predicted molar refractivity (Wildman–Crippen MR) is 91.1 cm³/mol. The van der Waals surface area contributed by atoms with Gasteiger partial charge < -0.3 is 9.64 Å². The first kappa shape index (κ1) is 16.5. The smallest absolute Gasteiger partial charge is 0.223 e. The summed E-state index contributed by atoms with van der Waals surface area (Å²) in [4.78, 5) is 17.1. The van der Waals surface area contributed by atoms with Crippen LogP contribution in [0.3, 0.4) is 0 Å². The fourth-order valence-electron chi connectivity index (χ4n) is 3.79. The van der Waals surface area contributed by atoms with Crippen LogP contribution in [0.2, 0.25) is 0 Å². The van der Waals surface area contributed by atoms with Crippen molar-refractivity contribution in [3.8, 4) is 0 Å². The molecule has 4 nitrogen and oxygen atoms in total. The van der Waals surface area contributed by atoms with E-state index in [9.17, 15) is 4.79 Å². The normalized spacial score (nSPS) is 27.4. The maximum atomic E-state index is 12.6. The lowest BCUT2D eigenvalue weighted by atomic mass is 9.87. The highest BCUT2D eigenvalue weighted by Gasteiger charge is 2.45. The van der Waals surface area contributed by atoms with Crippen molar-refractivity contribution in [3.63, 3.8) is 0 Å². The lowest BCUT2D eigenvalue weighted by molar-refractivity contribution is -0.128. The van der Waals surface area contributed by atoms with E-state index >= 15 is 0 Å². The van der Waals surface area contributed by atoms with Gasteiger partial charge in [-0.2, -0.15) is 0 Å². The van der Waals surface area contributed by atoms with E-state index in [2.05, 4.69) is 30.9 Å². The topological polar surface area (TPSA) is 32.8 Å². The minimum Gasteiger partial charge on any atom is -0.379 e. The Bertz CT molecular complexity index is 533. The van der Waals surface area contributed by atoms with Crippen molar-refractivity contribution in [2.24, 2.45) is 5.41 Å². The summed E-state index contributed by atoms with van der Waals surface area (Å²) in [6.07, 6.45) is 1.75. The summed E-state index contributed by atoms with van der Waals surface area (Å²) in [7, 11) is 0. The Morgan fingerprint density at radius 1 is 1.26 bits per heavy atom. The van der Waals surface area contributed by atoms with E-state index in [1.807, 2.05) is 23.1 Å². The van der Waals surface area contributed by atoms with E-state index in [-0.39, 0.29) is 11.3 Å². The van der Waals surface area contributed by atoms with Crippen LogP contribution < -0.4 is 0 Å². The summed E-state index contributed by atoms with van der Waals surface area (Å²) in [6.45, 7) is 9.46. The highest BCUT2D eigenvalue weighted by atomic mass is 16.5. The number of benzene rings is 1. The van der Waals surface area contributed by atoms with E-state index in [0.717, 1.165) is 32.7 Å². The van der Waals surface area contributed by atoms with E-state index in [1.54, 1.807) is 0 Å². The molecular formula is C19H28N2O2. The maximum absolute atomic E-state index is 12.6. The molecule has 3 rings (SSSR count). The summed E-state index contributed by atoms with van der Waals surface area (Å²) in [6, 6.07) is 10.8. The summed E-state index contributed by atoms with van der Waals surface area (Å²) in [5.74, 6) is 0.267. The first-order valence-corrected chi connectivity index (χ1v) is 8.75. The van der Waals surface area contributed by atoms with Gasteiger partial charge in [-0.1, -0.05) is 37.3 Å². The molecule has 0 radical (unpaired) electrons. The molecule has 4 heteroatoms. The Morgan fingerprint density at radius 3 is 2.78 bits per heavy atom. The molecule has 126 valence electrons. The quantitative estimate of drug-likeness (QED) is 0.856. The largest absolute Gasteiger partial charge is 0.379 e. The highest BCUT2D eigenvalue weighted by Crippen LogP contribution is 2.35. The zero-order valence-electron chi connectivity index (χ0n) is 14.3. The summed E-state index contributed by atoms with van der Waals surface area (Å²) in [5, 5.41) is 0. The Morgan fingerprint density at radius 2 is 2.04 bits per heavy atom. The average Bonchev–Trinajstić information content (AvgIpc) is 2.73. The second-order valence-corrected chi connectivity index (χ2v) is 7.19. The van der Waals surface area contributed by atoms with Gasteiger partial charge in [0.1, 0.15) is 0 Å². The molecule has 2 heterocycles. The van der Waals surface area contributed by atoms with Crippen LogP contribution in [0.15, 0.2) is 30.3 Å². The van der Waals surface area contributed by atoms with Crippen LogP contribution in [0.4, 0.5) is 0 Å². The minimum atomic E-state index is -0.0359. The third-order valence-electron chi connectivity index (χ3n) is 5.31. The third-order valence-corrected chi connectivity index (χ3v) is 5.31. The number of amides is 1. The van der Waals surface area contributed by atoms with Gasteiger partial charge in [-0.25, -0.2) is 0 Å². The molecule has 2 aliphatic rings. The molecule has 0 aromatic heterocycles. The van der Waals surface area contributed by atoms with E-state index < -0.39 is 0 Å². The first-order chi connectivity index (χ1) is 11.1. The number of carbonyl (C=O) groups excluding carboxylic acids is 1. The Labute approximate surface area is 139 Å². The van der Waals surface area contributed by atoms with Gasteiger partial charge >= 0.3 is 0 Å². The lowest BCUT2D eigenvalue weighted by Crippen LogP contribution is -2.44. The molecule has 0 unspecified atom stereocenters. The lowest BCUT2D eigenvalue weighted by Gasteiger charge is -2.34. The number of ether oxygens (including phenoxy) is 1. The van der Waals surface area contributed by atoms with Gasteiger partial charge in [-0.15, -0.1) is 0 Å². The third kappa shape index (κ3) is 3.75. The molecule has 2 aliphatic heterocycles. The average molecular weight is 316 g/mol. The number of likely N-dealkylation sites (tertiary alicyclic amines) is 1. The number of hydrogen-bond acceptors (Lipinski definition) is 3. The standard InChI is InChI=1S/C19H28N2O2/c1-3-16(2)20-9-10-23-15-19(13-20)11-18(22)21(14-19)12-17-7-5-4-6-8-17/h4-8,16H,3,9-15H2,1-2H3/t16-,19+/m1/s1. The van der Waals surface area contributed by atoms with Crippen LogP contribution in [0.5, 0.6) is 0 Å². The van der Waals surface area contributed by atoms with Crippen LogP contribution in [0.25, 0.3) is 0 Å². The Balaban J connectivity index is 1.71. The molecule has 2 fully saturated rings. The molecule has 0 aliphatic carbocycles. The van der Waals surface area contributed by atoms with Crippen molar-refractivity contribution in [2.45, 2.75) is 39.3 Å². The minimum absolute atomic E-state index is 0.0359. The van der Waals surface area contributed by atoms with Crippen LogP contribution >= 0.6 is 0 Å². The molecular weight excluding hydrogens is 288 g/mol. The maximum Gasteiger partial charge on any atom is 0.223 e. The molecule has 1 spiro atoms. The summed E-state index contributed by atoms with van der Waals surface area (Å²) in [5.41, 5.74) is 1.16. The summed E-state index contributed by atoms with van der Waals surface area (Å²) < 4.78 is 5.88. The van der Waals surface area contributed by atoms with Crippen LogP contribution in [0, 0.1) is 5.41 Å². The molecule has 0 N–H and O–H groups in total. The number of hydrogen-bond donors (Lipinski definition) is 0. The number of rotatable bonds is 4. The highest BCUT2D eigenvalue weighted by molar-refractivity contribution is 5.79. The van der Waals surface area contributed by atoms with Gasteiger partial charge in [-0.05, 0) is 18.9 Å². The van der Waals surface area contributed by atoms with Crippen molar-refractivity contribution >= 4 is 5.91 Å². The van der Waals surface area contributed by atoms with Crippen molar-refractivity contribution in [1.29, 1.82) is 0 Å². The molecule has 23 heavy (non-hydrogen) atoms. The fourth-order valence-corrected chi connectivity index (χ4v) is 3.79. The van der Waals surface area contributed by atoms with E-state index in [1.165, 1.54) is 5.56 Å². The molecule has 1 aromatic carbocycles. The molecule has 1 amide bonds. The SMILES string of the molecule is CC[C@@H](C)N1CCOC[C@@]2(CC(=O)N(Cc3ccccc3)C2)C1. The van der Waals surface area contributed by atoms with Crippen LogP contribution in [-0.2, 0) is 16.1 Å². The van der Waals surface area contributed by atoms with Crippen molar-refractivity contribution in [1.82, 2.24) is 9.80 Å². The van der Waals surface area contributed by atoms with Gasteiger partial charge in [0.15, 0.2) is 0 Å². The zero-order valence-corrected chi connectivity index (χ0v) is 14.3. The Hall–Kier alpha value is -1.39. The predicted octanol–water partition coefficient (Wildman–Crippen LogP) is 2.54. The fraction of sp³-hybridized carbons (Fsp3) is 0.632. The van der Waals surface area contributed by atoms with Crippen molar-refractivity contribution < 1.29 is 9.53 Å². The number of nitrogens with zero attached hydrogens (tertiary/aromatic N) is 2.